The third kappa shape index (κ3) is 2.38. The Morgan fingerprint density at radius 2 is 2.29 bits per heavy atom. The smallest absolute Gasteiger partial charge is 0.0281 e. The number of hydrogen-bond donors (Lipinski definition) is 1. The summed E-state index contributed by atoms with van der Waals surface area (Å²) in [6, 6.07) is 0.716. The van der Waals surface area contributed by atoms with E-state index in [0.717, 1.165) is 12.5 Å². The van der Waals surface area contributed by atoms with Crippen LogP contribution in [0.15, 0.2) is 11.6 Å². The molecule has 1 N–H and O–H groups in total. The van der Waals surface area contributed by atoms with Crippen molar-refractivity contribution in [2.75, 3.05) is 6.54 Å². The summed E-state index contributed by atoms with van der Waals surface area (Å²) in [4.78, 5) is 0. The van der Waals surface area contributed by atoms with Gasteiger partial charge in [-0.15, -0.1) is 0 Å². The first-order chi connectivity index (χ1) is 6.90. The molecule has 1 unspecified atom stereocenters. The van der Waals surface area contributed by atoms with Crippen LogP contribution in [0.3, 0.4) is 0 Å². The molecule has 1 fully saturated rings. The average Bonchev–Trinajstić information content (AvgIpc) is 2.61. The molecule has 0 saturated heterocycles. The van der Waals surface area contributed by atoms with Crippen molar-refractivity contribution in [1.29, 1.82) is 0 Å². The van der Waals surface area contributed by atoms with Gasteiger partial charge in [-0.2, -0.15) is 0 Å². The number of nitrogens with one attached hydrogen (secondary N) is 1. The fourth-order valence-electron chi connectivity index (χ4n) is 2.69. The second-order valence-electron chi connectivity index (χ2n) is 4.81. The van der Waals surface area contributed by atoms with Crippen LogP contribution >= 0.6 is 0 Å². The SMILES string of the molecule is CCNC(CC1CCC1)C1=CCCC1. The largest absolute Gasteiger partial charge is 0.311 e. The predicted molar refractivity (Wildman–Crippen MR) is 61.4 cm³/mol. The maximum Gasteiger partial charge on any atom is 0.0281 e. The van der Waals surface area contributed by atoms with Crippen LogP contribution < -0.4 is 5.32 Å². The lowest BCUT2D eigenvalue weighted by atomic mass is 9.79. The Hall–Kier alpha value is -0.300. The van der Waals surface area contributed by atoms with Crippen molar-refractivity contribution in [2.45, 2.75) is 57.9 Å². The summed E-state index contributed by atoms with van der Waals surface area (Å²) >= 11 is 0. The molecule has 0 amide bonds. The lowest BCUT2D eigenvalue weighted by molar-refractivity contribution is 0.271. The van der Waals surface area contributed by atoms with Gasteiger partial charge in [0.1, 0.15) is 0 Å². The molecule has 2 rings (SSSR count). The van der Waals surface area contributed by atoms with Gasteiger partial charge < -0.3 is 5.32 Å². The Bertz CT molecular complexity index is 203. The molecule has 80 valence electrons. The quantitative estimate of drug-likeness (QED) is 0.661. The van der Waals surface area contributed by atoms with E-state index < -0.39 is 0 Å². The Morgan fingerprint density at radius 1 is 1.43 bits per heavy atom. The van der Waals surface area contributed by atoms with Crippen molar-refractivity contribution in [3.63, 3.8) is 0 Å². The third-order valence-electron chi connectivity index (χ3n) is 3.77. The Balaban J connectivity index is 1.85. The monoisotopic (exact) mass is 193 g/mol. The maximum atomic E-state index is 3.66. The summed E-state index contributed by atoms with van der Waals surface area (Å²) in [7, 11) is 0. The van der Waals surface area contributed by atoms with Crippen LogP contribution in [0, 0.1) is 5.92 Å². The molecule has 0 aliphatic heterocycles. The van der Waals surface area contributed by atoms with Gasteiger partial charge in [-0.05, 0) is 38.1 Å². The van der Waals surface area contributed by atoms with Gasteiger partial charge in [-0.25, -0.2) is 0 Å². The highest BCUT2D eigenvalue weighted by molar-refractivity contribution is 5.15. The number of rotatable bonds is 5. The highest BCUT2D eigenvalue weighted by Gasteiger charge is 2.24. The van der Waals surface area contributed by atoms with E-state index in [4.69, 9.17) is 0 Å². The van der Waals surface area contributed by atoms with E-state index in [1.165, 1.54) is 44.9 Å². The number of hydrogen-bond acceptors (Lipinski definition) is 1. The predicted octanol–water partition coefficient (Wildman–Crippen LogP) is 3.27. The van der Waals surface area contributed by atoms with E-state index in [-0.39, 0.29) is 0 Å². The Morgan fingerprint density at radius 3 is 2.79 bits per heavy atom. The fourth-order valence-corrected chi connectivity index (χ4v) is 2.69. The summed E-state index contributed by atoms with van der Waals surface area (Å²) in [6.45, 7) is 3.35. The van der Waals surface area contributed by atoms with E-state index in [1.807, 2.05) is 0 Å². The van der Waals surface area contributed by atoms with Crippen LogP contribution in [0.25, 0.3) is 0 Å². The second kappa shape index (κ2) is 4.97. The van der Waals surface area contributed by atoms with Gasteiger partial charge in [0.05, 0.1) is 0 Å². The van der Waals surface area contributed by atoms with Crippen molar-refractivity contribution < 1.29 is 0 Å². The molecule has 0 aromatic heterocycles. The average molecular weight is 193 g/mol. The lowest BCUT2D eigenvalue weighted by Gasteiger charge is -2.30. The molecule has 14 heavy (non-hydrogen) atoms. The number of allylic oxidation sites excluding steroid dienone is 1. The second-order valence-corrected chi connectivity index (χ2v) is 4.81. The molecule has 0 radical (unpaired) electrons. The molecule has 0 spiro atoms. The highest BCUT2D eigenvalue weighted by atomic mass is 14.9. The zero-order valence-electron chi connectivity index (χ0n) is 9.39. The molecule has 0 aromatic carbocycles. The molecule has 1 heteroatoms. The van der Waals surface area contributed by atoms with Gasteiger partial charge in [0.2, 0.25) is 0 Å². The van der Waals surface area contributed by atoms with Gasteiger partial charge in [-0.3, -0.25) is 0 Å². The first kappa shape index (κ1) is 10.2. The van der Waals surface area contributed by atoms with Crippen LogP contribution in [0.4, 0.5) is 0 Å². The van der Waals surface area contributed by atoms with Crippen molar-refractivity contribution in [1.82, 2.24) is 5.32 Å². The molecule has 0 heterocycles. The van der Waals surface area contributed by atoms with Crippen LogP contribution in [-0.2, 0) is 0 Å². The lowest BCUT2D eigenvalue weighted by Crippen LogP contribution is -2.34. The molecular weight excluding hydrogens is 170 g/mol. The molecule has 1 atom stereocenters. The first-order valence-corrected chi connectivity index (χ1v) is 6.32. The maximum absolute atomic E-state index is 3.66. The fraction of sp³-hybridized carbons (Fsp3) is 0.846. The normalized spacial score (nSPS) is 24.5. The Labute approximate surface area is 88.0 Å². The van der Waals surface area contributed by atoms with E-state index in [2.05, 4.69) is 18.3 Å². The minimum Gasteiger partial charge on any atom is -0.311 e. The van der Waals surface area contributed by atoms with E-state index in [1.54, 1.807) is 5.57 Å². The van der Waals surface area contributed by atoms with Gasteiger partial charge in [0.15, 0.2) is 0 Å². The summed E-state index contributed by atoms with van der Waals surface area (Å²) in [6.07, 6.45) is 12.4. The van der Waals surface area contributed by atoms with E-state index in [9.17, 15) is 0 Å². The topological polar surface area (TPSA) is 12.0 Å². The van der Waals surface area contributed by atoms with Crippen LogP contribution in [-0.4, -0.2) is 12.6 Å². The van der Waals surface area contributed by atoms with Crippen molar-refractivity contribution in [2.24, 2.45) is 5.92 Å². The minimum atomic E-state index is 0.716. The van der Waals surface area contributed by atoms with Crippen LogP contribution in [0.1, 0.15) is 51.9 Å². The standard InChI is InChI=1S/C13H23N/c1-2-14-13(10-11-6-5-7-11)12-8-3-4-9-12/h8,11,13-14H,2-7,9-10H2,1H3. The summed E-state index contributed by atoms with van der Waals surface area (Å²) in [5.74, 6) is 1.03. The van der Waals surface area contributed by atoms with Crippen molar-refractivity contribution >= 4 is 0 Å². The molecule has 2 aliphatic carbocycles. The van der Waals surface area contributed by atoms with E-state index in [0.29, 0.717) is 6.04 Å². The summed E-state index contributed by atoms with van der Waals surface area (Å²) in [5.41, 5.74) is 1.71. The third-order valence-corrected chi connectivity index (χ3v) is 3.77. The van der Waals surface area contributed by atoms with Crippen LogP contribution in [0.2, 0.25) is 0 Å². The van der Waals surface area contributed by atoms with Crippen molar-refractivity contribution in [3.8, 4) is 0 Å². The molecular formula is C13H23N. The van der Waals surface area contributed by atoms with Crippen molar-refractivity contribution in [3.05, 3.63) is 11.6 Å². The zero-order valence-corrected chi connectivity index (χ0v) is 9.39. The molecule has 2 aliphatic rings. The van der Waals surface area contributed by atoms with Crippen LogP contribution in [0.5, 0.6) is 0 Å². The molecule has 0 aromatic rings. The first-order valence-electron chi connectivity index (χ1n) is 6.32. The zero-order chi connectivity index (χ0) is 9.80. The van der Waals surface area contributed by atoms with Gasteiger partial charge >= 0.3 is 0 Å². The molecule has 1 saturated carbocycles. The molecule has 1 nitrogen and oxygen atoms in total. The Kier molecular flexibility index (Phi) is 3.63. The number of likely N-dealkylation sites (N-methyl/N-ethyl adjacent to an activating group) is 1. The summed E-state index contributed by atoms with van der Waals surface area (Å²) < 4.78 is 0. The van der Waals surface area contributed by atoms with E-state index >= 15 is 0 Å². The van der Waals surface area contributed by atoms with Gasteiger partial charge in [0, 0.05) is 6.04 Å². The summed E-state index contributed by atoms with van der Waals surface area (Å²) in [5, 5.41) is 3.66. The molecule has 0 bridgehead atoms. The van der Waals surface area contributed by atoms with Gasteiger partial charge in [0.25, 0.3) is 0 Å². The van der Waals surface area contributed by atoms with Gasteiger partial charge in [-0.1, -0.05) is 37.8 Å². The highest BCUT2D eigenvalue weighted by Crippen LogP contribution is 2.33. The minimum absolute atomic E-state index is 0.716.